The van der Waals surface area contributed by atoms with E-state index in [4.69, 9.17) is 5.73 Å². The third kappa shape index (κ3) is 1.46. The molecule has 1 aromatic carbocycles. The Morgan fingerprint density at radius 1 is 1.31 bits per heavy atom. The second kappa shape index (κ2) is 2.99. The Bertz CT molecular complexity index is 327. The van der Waals surface area contributed by atoms with Crippen molar-refractivity contribution in [3.05, 3.63) is 29.8 Å². The van der Waals surface area contributed by atoms with E-state index in [1.165, 1.54) is 0 Å². The molecule has 0 saturated carbocycles. The summed E-state index contributed by atoms with van der Waals surface area (Å²) in [5.41, 5.74) is 6.74. The molecule has 3 nitrogen and oxygen atoms in total. The van der Waals surface area contributed by atoms with Crippen LogP contribution in [0.3, 0.4) is 0 Å². The van der Waals surface area contributed by atoms with Gasteiger partial charge in [0, 0.05) is 11.8 Å². The predicted octanol–water partition coefficient (Wildman–Crippen LogP) is 2.20. The Morgan fingerprint density at radius 2 is 2.00 bits per heavy atom. The summed E-state index contributed by atoms with van der Waals surface area (Å²) < 4.78 is 19.5. The summed E-state index contributed by atoms with van der Waals surface area (Å²) in [6, 6.07) is 7.26. The molecule has 0 amide bonds. The van der Waals surface area contributed by atoms with Gasteiger partial charge in [-0.25, -0.2) is 0 Å². The number of nitrogens with two attached hydrogens (primary N) is 1. The van der Waals surface area contributed by atoms with Gasteiger partial charge in [-0.2, -0.15) is 10.6 Å². The lowest BCUT2D eigenvalue weighted by atomic mass is 10.1. The maximum atomic E-state index is 9.73. The number of fused-ring (bicyclic) bond motifs is 1. The Kier molecular flexibility index (Phi) is 2.08. The van der Waals surface area contributed by atoms with Crippen LogP contribution in [0.4, 0.5) is 0 Å². The van der Waals surface area contributed by atoms with Gasteiger partial charge in [0.05, 0.1) is 4.90 Å². The molecule has 1 atom stereocenters. The molecule has 0 aliphatic carbocycles. The average molecular weight is 199 g/mol. The fourth-order valence-corrected chi connectivity index (χ4v) is 3.34. The monoisotopic (exact) mass is 199 g/mol. The zero-order chi connectivity index (χ0) is 9.47. The maximum Gasteiger partial charge on any atom is 0.0631 e. The first kappa shape index (κ1) is 9.02. The summed E-state index contributed by atoms with van der Waals surface area (Å²) in [5.74, 6) is 0.394. The Morgan fingerprint density at radius 3 is 2.69 bits per heavy atom. The lowest BCUT2D eigenvalue weighted by Gasteiger charge is -2.39. The number of rotatable bonds is 0. The molecule has 0 fully saturated rings. The lowest BCUT2D eigenvalue weighted by Crippen LogP contribution is -2.22. The Labute approximate surface area is 78.9 Å². The topological polar surface area (TPSA) is 66.5 Å². The molecule has 4 N–H and O–H groups in total. The second-order valence-electron chi connectivity index (χ2n) is 3.30. The summed E-state index contributed by atoms with van der Waals surface area (Å²) in [5, 5.41) is 0. The zero-order valence-corrected chi connectivity index (χ0v) is 8.00. The summed E-state index contributed by atoms with van der Waals surface area (Å²) in [6.45, 7) is 0. The highest BCUT2D eigenvalue weighted by Crippen LogP contribution is 2.54. The van der Waals surface area contributed by atoms with Crippen molar-refractivity contribution in [1.82, 2.24) is 0 Å². The van der Waals surface area contributed by atoms with Gasteiger partial charge in [-0.1, -0.05) is 18.2 Å². The van der Waals surface area contributed by atoms with E-state index in [-0.39, 0.29) is 6.04 Å². The van der Waals surface area contributed by atoms with Gasteiger partial charge in [0.25, 0.3) is 0 Å². The van der Waals surface area contributed by atoms with Crippen molar-refractivity contribution in [2.75, 3.05) is 5.75 Å². The highest BCUT2D eigenvalue weighted by Gasteiger charge is 2.27. The fraction of sp³-hybridized carbons (Fsp3) is 0.333. The molecule has 13 heavy (non-hydrogen) atoms. The molecule has 0 spiro atoms. The fourth-order valence-electron chi connectivity index (χ4n) is 1.64. The summed E-state index contributed by atoms with van der Waals surface area (Å²) in [7, 11) is -2.55. The SMILES string of the molecule is NC1CCS(O)(O)c2ccccc21. The van der Waals surface area contributed by atoms with E-state index in [0.717, 1.165) is 5.56 Å². The Hall–Kier alpha value is -0.550. The van der Waals surface area contributed by atoms with Gasteiger partial charge in [0.2, 0.25) is 0 Å². The van der Waals surface area contributed by atoms with Crippen molar-refractivity contribution in [3.8, 4) is 0 Å². The highest BCUT2D eigenvalue weighted by molar-refractivity contribution is 8.24. The molecule has 1 aliphatic rings. The number of benzene rings is 1. The van der Waals surface area contributed by atoms with Crippen molar-refractivity contribution in [2.24, 2.45) is 5.73 Å². The van der Waals surface area contributed by atoms with E-state index >= 15 is 0 Å². The molecule has 72 valence electrons. The van der Waals surface area contributed by atoms with Crippen LogP contribution in [-0.4, -0.2) is 14.9 Å². The van der Waals surface area contributed by atoms with Crippen LogP contribution in [0.1, 0.15) is 18.0 Å². The van der Waals surface area contributed by atoms with Gasteiger partial charge in [0.15, 0.2) is 0 Å². The van der Waals surface area contributed by atoms with Crippen LogP contribution in [0.5, 0.6) is 0 Å². The average Bonchev–Trinajstić information content (AvgIpc) is 2.13. The standard InChI is InChI=1S/C9H13NO2S/c10-8-5-6-13(11,12)9-4-2-1-3-7(8)9/h1-4,8,11-12H,5-6,10H2. The molecule has 0 aromatic heterocycles. The van der Waals surface area contributed by atoms with Gasteiger partial charge >= 0.3 is 0 Å². The minimum absolute atomic E-state index is 0.0453. The molecule has 1 heterocycles. The van der Waals surface area contributed by atoms with Crippen molar-refractivity contribution in [3.63, 3.8) is 0 Å². The van der Waals surface area contributed by atoms with E-state index in [0.29, 0.717) is 17.1 Å². The first-order valence-electron chi connectivity index (χ1n) is 4.22. The van der Waals surface area contributed by atoms with Crippen LogP contribution in [-0.2, 0) is 0 Å². The third-order valence-corrected chi connectivity index (χ3v) is 4.27. The zero-order valence-electron chi connectivity index (χ0n) is 7.18. The predicted molar refractivity (Wildman–Crippen MR) is 54.0 cm³/mol. The van der Waals surface area contributed by atoms with Crippen molar-refractivity contribution in [1.29, 1.82) is 0 Å². The van der Waals surface area contributed by atoms with Crippen molar-refractivity contribution in [2.45, 2.75) is 17.4 Å². The molecule has 0 saturated heterocycles. The number of hydrogen-bond donors (Lipinski definition) is 3. The Balaban J connectivity index is 2.55. The van der Waals surface area contributed by atoms with Gasteiger partial charge in [-0.15, -0.1) is 0 Å². The molecule has 4 heteroatoms. The number of hydrogen-bond acceptors (Lipinski definition) is 3. The van der Waals surface area contributed by atoms with E-state index < -0.39 is 10.6 Å². The molecule has 0 radical (unpaired) electrons. The van der Waals surface area contributed by atoms with Gasteiger partial charge in [0.1, 0.15) is 0 Å². The smallest absolute Gasteiger partial charge is 0.0631 e. The van der Waals surface area contributed by atoms with Crippen LogP contribution < -0.4 is 5.73 Å². The van der Waals surface area contributed by atoms with E-state index in [2.05, 4.69) is 0 Å². The molecule has 1 aromatic rings. The molecular weight excluding hydrogens is 186 g/mol. The van der Waals surface area contributed by atoms with Gasteiger partial charge in [-0.3, -0.25) is 9.11 Å². The normalized spacial score (nSPS) is 27.8. The van der Waals surface area contributed by atoms with Gasteiger partial charge < -0.3 is 5.73 Å². The van der Waals surface area contributed by atoms with E-state index in [1.807, 2.05) is 18.2 Å². The van der Waals surface area contributed by atoms with Crippen molar-refractivity contribution < 1.29 is 9.11 Å². The minimum Gasteiger partial charge on any atom is -0.324 e. The molecule has 2 rings (SSSR count). The van der Waals surface area contributed by atoms with Crippen LogP contribution >= 0.6 is 10.6 Å². The molecular formula is C9H13NO2S. The summed E-state index contributed by atoms with van der Waals surface area (Å²) in [6.07, 6.45) is 0.652. The quantitative estimate of drug-likeness (QED) is 0.600. The molecule has 0 bridgehead atoms. The third-order valence-electron chi connectivity index (χ3n) is 2.38. The molecule has 1 unspecified atom stereocenters. The van der Waals surface area contributed by atoms with Crippen LogP contribution in [0.2, 0.25) is 0 Å². The lowest BCUT2D eigenvalue weighted by molar-refractivity contribution is 0.468. The minimum atomic E-state index is -2.55. The van der Waals surface area contributed by atoms with Gasteiger partial charge in [-0.05, 0) is 18.1 Å². The van der Waals surface area contributed by atoms with Crippen molar-refractivity contribution >= 4 is 10.6 Å². The van der Waals surface area contributed by atoms with E-state index in [9.17, 15) is 9.11 Å². The summed E-state index contributed by atoms with van der Waals surface area (Å²) in [4.78, 5) is 0.633. The maximum absolute atomic E-state index is 9.73. The largest absolute Gasteiger partial charge is 0.324 e. The highest BCUT2D eigenvalue weighted by atomic mass is 32.3. The van der Waals surface area contributed by atoms with Crippen LogP contribution in [0.25, 0.3) is 0 Å². The second-order valence-corrected chi connectivity index (χ2v) is 5.49. The van der Waals surface area contributed by atoms with E-state index in [1.54, 1.807) is 6.07 Å². The first-order valence-corrected chi connectivity index (χ1v) is 5.93. The molecule has 1 aliphatic heterocycles. The summed E-state index contributed by atoms with van der Waals surface area (Å²) >= 11 is 0. The van der Waals surface area contributed by atoms with Crippen LogP contribution in [0.15, 0.2) is 29.2 Å². The van der Waals surface area contributed by atoms with Crippen LogP contribution in [0, 0.1) is 0 Å². The first-order chi connectivity index (χ1) is 6.11.